The van der Waals surface area contributed by atoms with E-state index in [0.717, 1.165) is 23.0 Å². The lowest BCUT2D eigenvalue weighted by atomic mass is 10.2. The number of hydrogen-bond acceptors (Lipinski definition) is 6. The Morgan fingerprint density at radius 3 is 2.61 bits per heavy atom. The first-order valence-corrected chi connectivity index (χ1v) is 8.03. The van der Waals surface area contributed by atoms with Gasteiger partial charge in [-0.05, 0) is 43.3 Å². The molecule has 2 aromatic rings. The second-order valence-electron chi connectivity index (χ2n) is 5.17. The zero-order chi connectivity index (χ0) is 16.8. The predicted molar refractivity (Wildman–Crippen MR) is 86.4 cm³/mol. The molecule has 1 heterocycles. The van der Waals surface area contributed by atoms with Crippen LogP contribution in [0.3, 0.4) is 0 Å². The number of aromatic nitrogens is 4. The minimum atomic E-state index is -0.510. The number of urea groups is 1. The van der Waals surface area contributed by atoms with Gasteiger partial charge >= 0.3 is 6.03 Å². The molecule has 8 nitrogen and oxygen atoms in total. The molecule has 0 aliphatic rings. The summed E-state index contributed by atoms with van der Waals surface area (Å²) in [6.45, 7) is 5.62. The van der Waals surface area contributed by atoms with Crippen molar-refractivity contribution in [2.24, 2.45) is 0 Å². The van der Waals surface area contributed by atoms with Crippen LogP contribution >= 0.6 is 11.8 Å². The molecule has 0 aliphatic carbocycles. The minimum Gasteiger partial charge on any atom is -0.336 e. The van der Waals surface area contributed by atoms with Crippen LogP contribution in [-0.2, 0) is 4.79 Å². The number of benzene rings is 1. The summed E-state index contributed by atoms with van der Waals surface area (Å²) in [6.07, 6.45) is 0. The summed E-state index contributed by atoms with van der Waals surface area (Å²) in [4.78, 5) is 23.2. The number of carbonyl (C=O) groups excluding carboxylic acids is 2. The molecule has 2 rings (SSSR count). The first-order valence-electron chi connectivity index (χ1n) is 7.04. The number of amides is 3. The monoisotopic (exact) mass is 334 g/mol. The molecule has 9 heteroatoms. The molecule has 122 valence electrons. The number of carbonyl (C=O) groups is 2. The van der Waals surface area contributed by atoms with E-state index in [2.05, 4.69) is 26.2 Å². The summed E-state index contributed by atoms with van der Waals surface area (Å²) in [5, 5.41) is 16.8. The van der Waals surface area contributed by atoms with Crippen molar-refractivity contribution in [1.29, 1.82) is 0 Å². The number of nitrogens with zero attached hydrogens (tertiary/aromatic N) is 4. The van der Waals surface area contributed by atoms with Crippen LogP contribution in [0.2, 0.25) is 0 Å². The van der Waals surface area contributed by atoms with E-state index in [1.165, 1.54) is 0 Å². The molecule has 2 N–H and O–H groups in total. The molecule has 0 unspecified atom stereocenters. The maximum atomic E-state index is 11.8. The van der Waals surface area contributed by atoms with Crippen molar-refractivity contribution in [1.82, 2.24) is 30.8 Å². The molecule has 1 aromatic heterocycles. The van der Waals surface area contributed by atoms with E-state index >= 15 is 0 Å². The molecular weight excluding hydrogens is 316 g/mol. The number of tetrazole rings is 1. The maximum absolute atomic E-state index is 11.8. The van der Waals surface area contributed by atoms with Gasteiger partial charge in [-0.3, -0.25) is 10.1 Å². The maximum Gasteiger partial charge on any atom is 0.321 e. The van der Waals surface area contributed by atoms with E-state index in [0.29, 0.717) is 5.16 Å². The van der Waals surface area contributed by atoms with Gasteiger partial charge in [-0.1, -0.05) is 29.5 Å². The molecule has 0 atom stereocenters. The van der Waals surface area contributed by atoms with Crippen molar-refractivity contribution in [2.45, 2.75) is 32.0 Å². The van der Waals surface area contributed by atoms with Crippen molar-refractivity contribution in [2.75, 3.05) is 5.75 Å². The van der Waals surface area contributed by atoms with Crippen LogP contribution in [0.5, 0.6) is 0 Å². The Hall–Kier alpha value is -2.42. The highest BCUT2D eigenvalue weighted by Gasteiger charge is 2.13. The average Bonchev–Trinajstić information content (AvgIpc) is 2.93. The highest BCUT2D eigenvalue weighted by Crippen LogP contribution is 2.18. The Morgan fingerprint density at radius 1 is 1.26 bits per heavy atom. The van der Waals surface area contributed by atoms with Crippen LogP contribution in [0.25, 0.3) is 5.69 Å². The fourth-order valence-electron chi connectivity index (χ4n) is 1.71. The molecule has 0 radical (unpaired) electrons. The number of aryl methyl sites for hydroxylation is 1. The largest absolute Gasteiger partial charge is 0.336 e. The summed E-state index contributed by atoms with van der Waals surface area (Å²) in [5.74, 6) is -0.371. The van der Waals surface area contributed by atoms with Gasteiger partial charge in [0.2, 0.25) is 11.1 Å². The number of thioether (sulfide) groups is 1. The topological polar surface area (TPSA) is 102 Å². The van der Waals surface area contributed by atoms with Gasteiger partial charge in [0.1, 0.15) is 0 Å². The quantitative estimate of drug-likeness (QED) is 0.799. The third-order valence-corrected chi connectivity index (χ3v) is 3.64. The van der Waals surface area contributed by atoms with Crippen molar-refractivity contribution in [3.05, 3.63) is 29.8 Å². The number of rotatable bonds is 5. The van der Waals surface area contributed by atoms with Gasteiger partial charge in [0, 0.05) is 6.04 Å². The molecular formula is C14H18N6O2S. The molecule has 0 bridgehead atoms. The van der Waals surface area contributed by atoms with Gasteiger partial charge in [-0.2, -0.15) is 4.68 Å². The van der Waals surface area contributed by atoms with Crippen molar-refractivity contribution in [3.63, 3.8) is 0 Å². The molecule has 0 saturated heterocycles. The summed E-state index contributed by atoms with van der Waals surface area (Å²) < 4.78 is 1.55. The Balaban J connectivity index is 1.94. The third kappa shape index (κ3) is 5.06. The zero-order valence-corrected chi connectivity index (χ0v) is 13.9. The standard InChI is InChI=1S/C14H18N6O2S/c1-9(2)15-13(22)16-12(21)8-23-14-17-18-19-20(14)11-6-4-10(3)5-7-11/h4-7,9H,8H2,1-3H3,(H2,15,16,21,22). The fourth-order valence-corrected chi connectivity index (χ4v) is 2.40. The van der Waals surface area contributed by atoms with E-state index in [1.54, 1.807) is 4.68 Å². The second-order valence-corrected chi connectivity index (χ2v) is 6.12. The lowest BCUT2D eigenvalue weighted by Gasteiger charge is -2.09. The average molecular weight is 334 g/mol. The smallest absolute Gasteiger partial charge is 0.321 e. The van der Waals surface area contributed by atoms with Crippen LogP contribution in [0.4, 0.5) is 4.79 Å². The van der Waals surface area contributed by atoms with Gasteiger partial charge in [0.25, 0.3) is 0 Å². The Labute approximate surface area is 138 Å². The molecule has 1 aromatic carbocycles. The van der Waals surface area contributed by atoms with Gasteiger partial charge in [-0.25, -0.2) is 4.79 Å². The van der Waals surface area contributed by atoms with Gasteiger partial charge in [-0.15, -0.1) is 5.10 Å². The van der Waals surface area contributed by atoms with Crippen LogP contribution in [0.15, 0.2) is 29.4 Å². The Morgan fingerprint density at radius 2 is 1.96 bits per heavy atom. The molecule has 23 heavy (non-hydrogen) atoms. The highest BCUT2D eigenvalue weighted by atomic mass is 32.2. The summed E-state index contributed by atoms with van der Waals surface area (Å²) in [5.41, 5.74) is 1.94. The van der Waals surface area contributed by atoms with Crippen molar-refractivity contribution < 1.29 is 9.59 Å². The molecule has 3 amide bonds. The van der Waals surface area contributed by atoms with Crippen molar-refractivity contribution in [3.8, 4) is 5.69 Å². The first-order chi connectivity index (χ1) is 11.0. The van der Waals surface area contributed by atoms with E-state index in [1.807, 2.05) is 45.0 Å². The normalized spacial score (nSPS) is 10.6. The highest BCUT2D eigenvalue weighted by molar-refractivity contribution is 7.99. The lowest BCUT2D eigenvalue weighted by Crippen LogP contribution is -2.43. The van der Waals surface area contributed by atoms with Gasteiger partial charge in [0.05, 0.1) is 11.4 Å². The number of nitrogens with one attached hydrogen (secondary N) is 2. The SMILES string of the molecule is Cc1ccc(-n2nnnc2SCC(=O)NC(=O)NC(C)C)cc1. The second kappa shape index (κ2) is 7.73. The minimum absolute atomic E-state index is 0.0377. The van der Waals surface area contributed by atoms with Gasteiger partial charge < -0.3 is 5.32 Å². The Bertz CT molecular complexity index is 683. The van der Waals surface area contributed by atoms with Crippen LogP contribution in [-0.4, -0.2) is 43.9 Å². The zero-order valence-electron chi connectivity index (χ0n) is 13.1. The van der Waals surface area contributed by atoms with Crippen LogP contribution in [0.1, 0.15) is 19.4 Å². The van der Waals surface area contributed by atoms with E-state index < -0.39 is 11.9 Å². The van der Waals surface area contributed by atoms with Crippen LogP contribution < -0.4 is 10.6 Å². The van der Waals surface area contributed by atoms with E-state index in [9.17, 15) is 9.59 Å². The number of imide groups is 1. The fraction of sp³-hybridized carbons (Fsp3) is 0.357. The van der Waals surface area contributed by atoms with Crippen molar-refractivity contribution >= 4 is 23.7 Å². The summed E-state index contributed by atoms with van der Waals surface area (Å²) in [7, 11) is 0. The predicted octanol–water partition coefficient (Wildman–Crippen LogP) is 1.30. The molecule has 0 saturated carbocycles. The van der Waals surface area contributed by atoms with E-state index in [4.69, 9.17) is 0 Å². The lowest BCUT2D eigenvalue weighted by molar-refractivity contribution is -0.117. The van der Waals surface area contributed by atoms with E-state index in [-0.39, 0.29) is 11.8 Å². The summed E-state index contributed by atoms with van der Waals surface area (Å²) in [6, 6.07) is 7.15. The molecule has 0 fully saturated rings. The first kappa shape index (κ1) is 16.9. The third-order valence-electron chi connectivity index (χ3n) is 2.72. The Kier molecular flexibility index (Phi) is 5.69. The van der Waals surface area contributed by atoms with Gasteiger partial charge in [0.15, 0.2) is 0 Å². The number of hydrogen-bond donors (Lipinski definition) is 2. The molecule has 0 aliphatic heterocycles. The van der Waals surface area contributed by atoms with Crippen LogP contribution in [0, 0.1) is 6.92 Å². The summed E-state index contributed by atoms with van der Waals surface area (Å²) >= 11 is 1.16. The molecule has 0 spiro atoms.